The first-order valence-corrected chi connectivity index (χ1v) is 5.39. The van der Waals surface area contributed by atoms with E-state index in [-0.39, 0.29) is 11.0 Å². The Morgan fingerprint density at radius 3 is 1.85 bits per heavy atom. The second kappa shape index (κ2) is 4.80. The summed E-state index contributed by atoms with van der Waals surface area (Å²) < 4.78 is 0. The minimum atomic E-state index is -0.0712. The van der Waals surface area contributed by atoms with E-state index in [1.54, 1.807) is 0 Å². The average Bonchev–Trinajstić information content (AvgIpc) is 2.16. The summed E-state index contributed by atoms with van der Waals surface area (Å²) in [4.78, 5) is 0. The Kier molecular flexibility index (Phi) is 4.69. The molecule has 0 aliphatic heterocycles. The van der Waals surface area contributed by atoms with Crippen LogP contribution in [-0.4, -0.2) is 5.54 Å². The highest BCUT2D eigenvalue weighted by Crippen LogP contribution is 2.40. The van der Waals surface area contributed by atoms with Gasteiger partial charge in [0, 0.05) is 5.54 Å². The van der Waals surface area contributed by atoms with Crippen LogP contribution >= 0.6 is 0 Å². The van der Waals surface area contributed by atoms with Gasteiger partial charge in [-0.2, -0.15) is 0 Å². The van der Waals surface area contributed by atoms with Gasteiger partial charge in [0.05, 0.1) is 0 Å². The van der Waals surface area contributed by atoms with Crippen molar-refractivity contribution in [1.29, 1.82) is 0 Å². The first kappa shape index (κ1) is 12.7. The first-order chi connectivity index (χ1) is 5.99. The monoisotopic (exact) mass is 183 g/mol. The highest BCUT2D eigenvalue weighted by molar-refractivity contribution is 5.01. The molecule has 1 unspecified atom stereocenters. The quantitative estimate of drug-likeness (QED) is 0.627. The van der Waals surface area contributed by atoms with Gasteiger partial charge in [-0.15, -0.1) is 6.58 Å². The fourth-order valence-corrected chi connectivity index (χ4v) is 2.03. The van der Waals surface area contributed by atoms with E-state index in [0.29, 0.717) is 0 Å². The van der Waals surface area contributed by atoms with Crippen molar-refractivity contribution in [3.63, 3.8) is 0 Å². The summed E-state index contributed by atoms with van der Waals surface area (Å²) in [7, 11) is 0. The third-order valence-corrected chi connectivity index (χ3v) is 3.90. The molecule has 0 aliphatic rings. The molecule has 0 rings (SSSR count). The van der Waals surface area contributed by atoms with Gasteiger partial charge in [-0.25, -0.2) is 0 Å². The Balaban J connectivity index is 4.78. The number of hydrogen-bond donors (Lipinski definition) is 1. The second-order valence-corrected chi connectivity index (χ2v) is 4.27. The van der Waals surface area contributed by atoms with Crippen LogP contribution in [0.1, 0.15) is 53.4 Å². The molecule has 78 valence electrons. The molecule has 13 heavy (non-hydrogen) atoms. The Labute approximate surface area is 83.4 Å². The average molecular weight is 183 g/mol. The lowest BCUT2D eigenvalue weighted by Crippen LogP contribution is -2.52. The van der Waals surface area contributed by atoms with Crippen LogP contribution in [0.3, 0.4) is 0 Å². The summed E-state index contributed by atoms with van der Waals surface area (Å²) >= 11 is 0. The van der Waals surface area contributed by atoms with Crippen LogP contribution in [0.25, 0.3) is 0 Å². The molecule has 0 amide bonds. The van der Waals surface area contributed by atoms with E-state index in [1.165, 1.54) is 0 Å². The summed E-state index contributed by atoms with van der Waals surface area (Å²) in [5.74, 6) is 0. The summed E-state index contributed by atoms with van der Waals surface area (Å²) in [5, 5.41) is 0. The van der Waals surface area contributed by atoms with Crippen LogP contribution in [0.2, 0.25) is 0 Å². The fraction of sp³-hybridized carbons (Fsp3) is 0.833. The SMILES string of the molecule is C=CCC(N)(CC)C(C)(CC)CC. The van der Waals surface area contributed by atoms with E-state index < -0.39 is 0 Å². The van der Waals surface area contributed by atoms with Gasteiger partial charge in [0.2, 0.25) is 0 Å². The Morgan fingerprint density at radius 1 is 1.15 bits per heavy atom. The van der Waals surface area contributed by atoms with Crippen molar-refractivity contribution in [3.05, 3.63) is 12.7 Å². The van der Waals surface area contributed by atoms with Crippen molar-refractivity contribution < 1.29 is 0 Å². The van der Waals surface area contributed by atoms with E-state index >= 15 is 0 Å². The van der Waals surface area contributed by atoms with Crippen LogP contribution in [0, 0.1) is 5.41 Å². The molecule has 0 fully saturated rings. The maximum atomic E-state index is 6.44. The van der Waals surface area contributed by atoms with E-state index in [2.05, 4.69) is 34.3 Å². The highest BCUT2D eigenvalue weighted by Gasteiger charge is 2.39. The van der Waals surface area contributed by atoms with E-state index in [9.17, 15) is 0 Å². The van der Waals surface area contributed by atoms with Crippen LogP contribution in [0.4, 0.5) is 0 Å². The second-order valence-electron chi connectivity index (χ2n) is 4.27. The van der Waals surface area contributed by atoms with Gasteiger partial charge in [-0.3, -0.25) is 0 Å². The third kappa shape index (κ3) is 2.34. The lowest BCUT2D eigenvalue weighted by molar-refractivity contribution is 0.124. The van der Waals surface area contributed by atoms with E-state index in [4.69, 9.17) is 5.73 Å². The molecule has 0 aromatic carbocycles. The molecule has 0 saturated carbocycles. The minimum Gasteiger partial charge on any atom is -0.324 e. The number of rotatable bonds is 6. The lowest BCUT2D eigenvalue weighted by atomic mass is 9.65. The Bertz CT molecular complexity index is 159. The molecular formula is C12H25N. The zero-order valence-corrected chi connectivity index (χ0v) is 9.69. The third-order valence-electron chi connectivity index (χ3n) is 3.90. The highest BCUT2D eigenvalue weighted by atomic mass is 14.8. The maximum Gasteiger partial charge on any atom is 0.0240 e. The van der Waals surface area contributed by atoms with Crippen LogP contribution in [-0.2, 0) is 0 Å². The molecule has 0 spiro atoms. The maximum absolute atomic E-state index is 6.44. The van der Waals surface area contributed by atoms with E-state index in [0.717, 1.165) is 25.7 Å². The summed E-state index contributed by atoms with van der Waals surface area (Å²) in [5.41, 5.74) is 6.61. The molecule has 1 nitrogen and oxygen atoms in total. The van der Waals surface area contributed by atoms with Gasteiger partial charge in [0.25, 0.3) is 0 Å². The topological polar surface area (TPSA) is 26.0 Å². The summed E-state index contributed by atoms with van der Waals surface area (Å²) in [6, 6.07) is 0. The normalized spacial score (nSPS) is 16.7. The molecule has 1 atom stereocenters. The van der Waals surface area contributed by atoms with Gasteiger partial charge < -0.3 is 5.73 Å². The van der Waals surface area contributed by atoms with Crippen molar-refractivity contribution in [3.8, 4) is 0 Å². The summed E-state index contributed by atoms with van der Waals surface area (Å²) in [6.45, 7) is 12.7. The Hall–Kier alpha value is -0.300. The zero-order valence-electron chi connectivity index (χ0n) is 9.69. The van der Waals surface area contributed by atoms with Crippen molar-refractivity contribution in [2.24, 2.45) is 11.1 Å². The molecule has 0 bridgehead atoms. The molecule has 0 saturated heterocycles. The number of hydrogen-bond acceptors (Lipinski definition) is 1. The predicted molar refractivity (Wildman–Crippen MR) is 60.7 cm³/mol. The molecular weight excluding hydrogens is 158 g/mol. The van der Waals surface area contributed by atoms with Crippen molar-refractivity contribution in [2.45, 2.75) is 58.9 Å². The molecule has 0 heterocycles. The molecule has 0 radical (unpaired) electrons. The first-order valence-electron chi connectivity index (χ1n) is 5.39. The van der Waals surface area contributed by atoms with Crippen LogP contribution in [0.15, 0.2) is 12.7 Å². The largest absolute Gasteiger partial charge is 0.324 e. The van der Waals surface area contributed by atoms with Gasteiger partial charge in [0.1, 0.15) is 0 Å². The predicted octanol–water partition coefficient (Wildman–Crippen LogP) is 3.50. The van der Waals surface area contributed by atoms with Gasteiger partial charge >= 0.3 is 0 Å². The van der Waals surface area contributed by atoms with Crippen LogP contribution in [0.5, 0.6) is 0 Å². The van der Waals surface area contributed by atoms with Gasteiger partial charge in [-0.1, -0.05) is 33.8 Å². The van der Waals surface area contributed by atoms with Crippen LogP contribution < -0.4 is 5.73 Å². The smallest absolute Gasteiger partial charge is 0.0240 e. The van der Waals surface area contributed by atoms with Crippen molar-refractivity contribution in [1.82, 2.24) is 0 Å². The molecule has 0 aliphatic carbocycles. The van der Waals surface area contributed by atoms with Crippen molar-refractivity contribution >= 4 is 0 Å². The summed E-state index contributed by atoms with van der Waals surface area (Å²) in [6.07, 6.45) is 6.18. The fourth-order valence-electron chi connectivity index (χ4n) is 2.03. The molecule has 1 heteroatoms. The minimum absolute atomic E-state index is 0.0712. The molecule has 0 aromatic rings. The standard InChI is InChI=1S/C12H25N/c1-6-10-12(13,9-4)11(5,7-2)8-3/h6H,1,7-10,13H2,2-5H3. The molecule has 2 N–H and O–H groups in total. The van der Waals surface area contributed by atoms with Gasteiger partial charge in [-0.05, 0) is 31.1 Å². The zero-order chi connectivity index (χ0) is 10.5. The van der Waals surface area contributed by atoms with E-state index in [1.807, 2.05) is 6.08 Å². The van der Waals surface area contributed by atoms with Crippen molar-refractivity contribution in [2.75, 3.05) is 0 Å². The van der Waals surface area contributed by atoms with Gasteiger partial charge in [0.15, 0.2) is 0 Å². The molecule has 0 aromatic heterocycles. The lowest BCUT2D eigenvalue weighted by Gasteiger charge is -2.45. The Morgan fingerprint density at radius 2 is 1.62 bits per heavy atom. The number of nitrogens with two attached hydrogens (primary N) is 1.